The van der Waals surface area contributed by atoms with Crippen molar-refractivity contribution in [3.8, 4) is 51.0 Å². The highest BCUT2D eigenvalue weighted by Gasteiger charge is 2.23. The molecule has 0 aliphatic rings. The molecule has 0 fully saturated rings. The smallest absolute Gasteiger partial charge is 0.238 e. The normalized spacial score (nSPS) is 11.5. The van der Waals surface area contributed by atoms with Crippen molar-refractivity contribution < 1.29 is 4.42 Å². The van der Waals surface area contributed by atoms with Crippen LogP contribution in [-0.2, 0) is 0 Å². The van der Waals surface area contributed by atoms with Crippen LogP contribution < -0.4 is 0 Å². The van der Waals surface area contributed by atoms with E-state index in [2.05, 4.69) is 180 Å². The zero-order chi connectivity index (χ0) is 40.2. The van der Waals surface area contributed by atoms with E-state index < -0.39 is 0 Å². The molecule has 0 saturated heterocycles. The van der Waals surface area contributed by atoms with Crippen LogP contribution in [0.4, 0.5) is 0 Å². The molecule has 0 bridgehead atoms. The Labute approximate surface area is 346 Å². The molecule has 0 amide bonds. The van der Waals surface area contributed by atoms with Crippen molar-refractivity contribution in [1.29, 1.82) is 0 Å². The fraction of sp³-hybridized carbons (Fsp3) is 0.0364. The summed E-state index contributed by atoms with van der Waals surface area (Å²) >= 11 is 0. The van der Waals surface area contributed by atoms with Gasteiger partial charge in [-0.3, -0.25) is 4.57 Å². The summed E-state index contributed by atoms with van der Waals surface area (Å²) in [6.07, 6.45) is 0. The summed E-state index contributed by atoms with van der Waals surface area (Å²) in [4.78, 5) is 16.0. The minimum absolute atomic E-state index is 0.549. The van der Waals surface area contributed by atoms with Gasteiger partial charge in [-0.15, -0.1) is 0 Å². The molecule has 284 valence electrons. The highest BCUT2D eigenvalue weighted by atomic mass is 16.3. The molecule has 12 aromatic rings. The van der Waals surface area contributed by atoms with Crippen molar-refractivity contribution in [3.63, 3.8) is 0 Å². The Morgan fingerprint density at radius 1 is 0.367 bits per heavy atom. The SMILES string of the molecule is CC.c1ccc(-c2ccc(-c3nc(-c4ccc5ccccc5c4)nc(-n4c5c(-c6cccc7oc8ccccc8c67)cccc5c5ccc6ccccc6c54)n3)cc2)cc1. The van der Waals surface area contributed by atoms with Gasteiger partial charge < -0.3 is 4.42 Å². The van der Waals surface area contributed by atoms with Gasteiger partial charge in [-0.2, -0.15) is 9.97 Å². The summed E-state index contributed by atoms with van der Waals surface area (Å²) in [6.45, 7) is 4.00. The Morgan fingerprint density at radius 3 is 1.77 bits per heavy atom. The zero-order valence-electron chi connectivity index (χ0n) is 33.2. The van der Waals surface area contributed by atoms with Crippen molar-refractivity contribution >= 4 is 65.3 Å². The van der Waals surface area contributed by atoms with Crippen LogP contribution in [0.15, 0.2) is 199 Å². The quantitative estimate of drug-likeness (QED) is 0.175. The van der Waals surface area contributed by atoms with E-state index in [-0.39, 0.29) is 0 Å². The van der Waals surface area contributed by atoms with Crippen LogP contribution in [-0.4, -0.2) is 19.5 Å². The topological polar surface area (TPSA) is 56.7 Å². The largest absolute Gasteiger partial charge is 0.456 e. The molecule has 0 saturated carbocycles. The molecular formula is C55H38N4O. The molecule has 3 heterocycles. The van der Waals surface area contributed by atoms with Gasteiger partial charge in [0.05, 0.1) is 11.0 Å². The average molecular weight is 771 g/mol. The second-order valence-electron chi connectivity index (χ2n) is 14.8. The standard InChI is InChI=1S/C53H32N4O.C2H6/c1-2-12-33(13-3-1)35-24-27-37(28-25-35)51-54-52(39-29-26-34-14-4-5-16-38(34)32-39)56-53(55-51)57-49-40-17-7-6-15-36(40)30-31-44(49)43-21-10-20-42(50(43)57)41-19-11-23-47-48(41)45-18-8-9-22-46(45)58-47;1-2/h1-32H;1-2H3. The molecule has 0 aliphatic carbocycles. The third-order valence-corrected chi connectivity index (χ3v) is 11.4. The Hall–Kier alpha value is -7.89. The molecule has 0 spiro atoms. The lowest BCUT2D eigenvalue weighted by Crippen LogP contribution is -2.07. The third-order valence-electron chi connectivity index (χ3n) is 11.4. The highest BCUT2D eigenvalue weighted by molar-refractivity contribution is 6.23. The fourth-order valence-electron chi connectivity index (χ4n) is 8.74. The predicted molar refractivity (Wildman–Crippen MR) is 250 cm³/mol. The van der Waals surface area contributed by atoms with Crippen LogP contribution in [0.3, 0.4) is 0 Å². The van der Waals surface area contributed by atoms with Crippen molar-refractivity contribution in [2.45, 2.75) is 13.8 Å². The molecule has 12 rings (SSSR count). The summed E-state index contributed by atoms with van der Waals surface area (Å²) in [5, 5.41) is 8.96. The first-order valence-corrected chi connectivity index (χ1v) is 20.5. The number of rotatable bonds is 5. The van der Waals surface area contributed by atoms with Gasteiger partial charge >= 0.3 is 0 Å². The lowest BCUT2D eigenvalue weighted by molar-refractivity contribution is 0.669. The van der Waals surface area contributed by atoms with E-state index in [4.69, 9.17) is 19.4 Å². The molecule has 0 N–H and O–H groups in total. The second-order valence-corrected chi connectivity index (χ2v) is 14.8. The molecule has 9 aromatic carbocycles. The van der Waals surface area contributed by atoms with E-state index in [1.54, 1.807) is 0 Å². The number of hydrogen-bond donors (Lipinski definition) is 0. The Morgan fingerprint density at radius 2 is 0.933 bits per heavy atom. The first kappa shape index (κ1) is 35.3. The van der Waals surface area contributed by atoms with Crippen molar-refractivity contribution in [1.82, 2.24) is 19.5 Å². The van der Waals surface area contributed by atoms with Crippen LogP contribution in [0.5, 0.6) is 0 Å². The monoisotopic (exact) mass is 770 g/mol. The van der Waals surface area contributed by atoms with Gasteiger partial charge in [0.15, 0.2) is 11.6 Å². The molecule has 0 radical (unpaired) electrons. The first-order chi connectivity index (χ1) is 29.7. The maximum Gasteiger partial charge on any atom is 0.238 e. The lowest BCUT2D eigenvalue weighted by atomic mass is 9.97. The number of hydrogen-bond acceptors (Lipinski definition) is 4. The van der Waals surface area contributed by atoms with Gasteiger partial charge in [-0.1, -0.05) is 190 Å². The van der Waals surface area contributed by atoms with Gasteiger partial charge in [0.25, 0.3) is 0 Å². The van der Waals surface area contributed by atoms with Crippen molar-refractivity contribution in [2.75, 3.05) is 0 Å². The third kappa shape index (κ3) is 5.74. The Kier molecular flexibility index (Phi) is 8.52. The first-order valence-electron chi connectivity index (χ1n) is 20.5. The van der Waals surface area contributed by atoms with Crippen molar-refractivity contribution in [2.24, 2.45) is 0 Å². The minimum atomic E-state index is 0.549. The number of benzene rings is 9. The van der Waals surface area contributed by atoms with E-state index in [1.807, 2.05) is 32.0 Å². The van der Waals surface area contributed by atoms with Gasteiger partial charge in [-0.05, 0) is 51.0 Å². The minimum Gasteiger partial charge on any atom is -0.456 e. The lowest BCUT2D eigenvalue weighted by Gasteiger charge is -2.14. The molecule has 0 unspecified atom stereocenters. The van der Waals surface area contributed by atoms with E-state index in [0.717, 1.165) is 98.7 Å². The van der Waals surface area contributed by atoms with Crippen LogP contribution in [0, 0.1) is 0 Å². The molecule has 5 nitrogen and oxygen atoms in total. The molecule has 3 aromatic heterocycles. The molecular weight excluding hydrogens is 733 g/mol. The van der Waals surface area contributed by atoms with E-state index >= 15 is 0 Å². The molecule has 0 aliphatic heterocycles. The number of furan rings is 1. The van der Waals surface area contributed by atoms with Gasteiger partial charge in [0, 0.05) is 43.6 Å². The second kappa shape index (κ2) is 14.5. The number of nitrogens with zero attached hydrogens (tertiary/aromatic N) is 4. The summed E-state index contributed by atoms with van der Waals surface area (Å²) in [7, 11) is 0. The number of aromatic nitrogens is 4. The van der Waals surface area contributed by atoms with Crippen LogP contribution >= 0.6 is 0 Å². The van der Waals surface area contributed by atoms with Crippen LogP contribution in [0.2, 0.25) is 0 Å². The summed E-state index contributed by atoms with van der Waals surface area (Å²) in [5.41, 5.74) is 10.1. The zero-order valence-corrected chi connectivity index (χ0v) is 33.2. The summed E-state index contributed by atoms with van der Waals surface area (Å²) < 4.78 is 8.69. The molecule has 0 atom stereocenters. The maximum absolute atomic E-state index is 6.41. The van der Waals surface area contributed by atoms with Gasteiger partial charge in [0.2, 0.25) is 5.95 Å². The number of fused-ring (bicyclic) bond motifs is 9. The summed E-state index contributed by atoms with van der Waals surface area (Å²) in [5.74, 6) is 1.75. The highest BCUT2D eigenvalue weighted by Crippen LogP contribution is 2.44. The van der Waals surface area contributed by atoms with Crippen LogP contribution in [0.25, 0.3) is 116 Å². The van der Waals surface area contributed by atoms with E-state index in [0.29, 0.717) is 17.6 Å². The Bertz CT molecular complexity index is 3560. The van der Waals surface area contributed by atoms with E-state index in [9.17, 15) is 0 Å². The molecule has 60 heavy (non-hydrogen) atoms. The number of para-hydroxylation sites is 2. The van der Waals surface area contributed by atoms with Crippen molar-refractivity contribution in [3.05, 3.63) is 194 Å². The maximum atomic E-state index is 6.41. The average Bonchev–Trinajstić information content (AvgIpc) is 3.89. The molecule has 5 heteroatoms. The Balaban J connectivity index is 0.00000201. The van der Waals surface area contributed by atoms with Gasteiger partial charge in [-0.25, -0.2) is 4.98 Å². The van der Waals surface area contributed by atoms with Gasteiger partial charge in [0.1, 0.15) is 11.2 Å². The summed E-state index contributed by atoms with van der Waals surface area (Å²) in [6, 6.07) is 68.0. The van der Waals surface area contributed by atoms with E-state index in [1.165, 1.54) is 0 Å². The fourth-order valence-corrected chi connectivity index (χ4v) is 8.74. The predicted octanol–water partition coefficient (Wildman–Crippen LogP) is 14.9. The van der Waals surface area contributed by atoms with Crippen LogP contribution in [0.1, 0.15) is 13.8 Å².